The molecule has 4 heterocycles. The van der Waals surface area contributed by atoms with Crippen molar-refractivity contribution in [2.75, 3.05) is 6.54 Å². The van der Waals surface area contributed by atoms with Gasteiger partial charge in [-0.1, -0.05) is 6.07 Å². The first-order valence-corrected chi connectivity index (χ1v) is 8.57. The van der Waals surface area contributed by atoms with Crippen LogP contribution < -0.4 is 0 Å². The highest BCUT2D eigenvalue weighted by Crippen LogP contribution is 2.32. The number of aromatic nitrogens is 5. The van der Waals surface area contributed by atoms with Crippen molar-refractivity contribution in [1.82, 2.24) is 30.0 Å². The average Bonchev–Trinajstić information content (AvgIpc) is 3.19. The molecule has 26 heavy (non-hydrogen) atoms. The van der Waals surface area contributed by atoms with E-state index in [1.54, 1.807) is 41.7 Å². The first-order chi connectivity index (χ1) is 12.7. The monoisotopic (exact) mass is 350 g/mol. The van der Waals surface area contributed by atoms with Crippen LogP contribution in [0.5, 0.6) is 0 Å². The molecule has 0 spiro atoms. The van der Waals surface area contributed by atoms with Crippen molar-refractivity contribution in [3.05, 3.63) is 54.1 Å². The Morgan fingerprint density at radius 1 is 1.15 bits per heavy atom. The highest BCUT2D eigenvalue weighted by atomic mass is 16.4. The van der Waals surface area contributed by atoms with E-state index in [9.17, 15) is 4.79 Å². The van der Waals surface area contributed by atoms with Crippen molar-refractivity contribution in [3.63, 3.8) is 0 Å². The molecule has 3 aromatic heterocycles. The van der Waals surface area contributed by atoms with E-state index in [2.05, 4.69) is 25.1 Å². The van der Waals surface area contributed by atoms with E-state index in [1.807, 2.05) is 6.92 Å². The van der Waals surface area contributed by atoms with Crippen LogP contribution >= 0.6 is 0 Å². The predicted octanol–water partition coefficient (Wildman–Crippen LogP) is 2.60. The van der Waals surface area contributed by atoms with Gasteiger partial charge in [0.25, 0.3) is 11.8 Å². The minimum atomic E-state index is -0.252. The lowest BCUT2D eigenvalue weighted by Gasteiger charge is -2.33. The lowest BCUT2D eigenvalue weighted by atomic mass is 10.0. The topological polar surface area (TPSA) is 97.9 Å². The number of aryl methyl sites for hydroxylation is 1. The maximum atomic E-state index is 12.8. The van der Waals surface area contributed by atoms with Crippen LogP contribution in [0.3, 0.4) is 0 Å². The molecule has 1 amide bonds. The fourth-order valence-corrected chi connectivity index (χ4v) is 3.04. The summed E-state index contributed by atoms with van der Waals surface area (Å²) < 4.78 is 5.83. The van der Waals surface area contributed by atoms with Gasteiger partial charge in [0.1, 0.15) is 17.4 Å². The quantitative estimate of drug-likeness (QED) is 0.716. The van der Waals surface area contributed by atoms with E-state index in [-0.39, 0.29) is 11.9 Å². The van der Waals surface area contributed by atoms with Crippen LogP contribution in [-0.4, -0.2) is 42.5 Å². The first kappa shape index (κ1) is 16.3. The van der Waals surface area contributed by atoms with E-state index in [0.29, 0.717) is 29.7 Å². The molecule has 132 valence electrons. The molecule has 0 unspecified atom stereocenters. The number of piperidine rings is 1. The average molecular weight is 350 g/mol. The third-order valence-corrected chi connectivity index (χ3v) is 4.37. The zero-order valence-electron chi connectivity index (χ0n) is 14.4. The molecule has 0 radical (unpaired) electrons. The van der Waals surface area contributed by atoms with Gasteiger partial charge in [0.2, 0.25) is 5.89 Å². The number of carbonyl (C=O) groups excluding carboxylic acids is 1. The molecule has 1 atom stereocenters. The van der Waals surface area contributed by atoms with Crippen LogP contribution in [0, 0.1) is 6.92 Å². The smallest absolute Gasteiger partial charge is 0.273 e. The van der Waals surface area contributed by atoms with Crippen LogP contribution in [0.4, 0.5) is 0 Å². The molecule has 0 saturated carbocycles. The molecule has 1 aliphatic heterocycles. The summed E-state index contributed by atoms with van der Waals surface area (Å²) in [6.45, 7) is 2.50. The summed E-state index contributed by atoms with van der Waals surface area (Å²) in [7, 11) is 0. The third-order valence-electron chi connectivity index (χ3n) is 4.37. The minimum Gasteiger partial charge on any atom is -0.417 e. The summed E-state index contributed by atoms with van der Waals surface area (Å²) in [6.07, 6.45) is 7.59. The fourth-order valence-electron chi connectivity index (χ4n) is 3.04. The Labute approximate surface area is 150 Å². The number of rotatable bonds is 3. The van der Waals surface area contributed by atoms with Gasteiger partial charge in [-0.25, -0.2) is 4.98 Å². The van der Waals surface area contributed by atoms with Gasteiger partial charge in [-0.15, -0.1) is 10.2 Å². The van der Waals surface area contributed by atoms with Crippen molar-refractivity contribution in [2.24, 2.45) is 0 Å². The van der Waals surface area contributed by atoms with Gasteiger partial charge in [0.05, 0.1) is 11.9 Å². The predicted molar refractivity (Wildman–Crippen MR) is 91.9 cm³/mol. The van der Waals surface area contributed by atoms with E-state index in [1.165, 1.54) is 0 Å². The van der Waals surface area contributed by atoms with Crippen molar-refractivity contribution >= 4 is 5.91 Å². The van der Waals surface area contributed by atoms with Crippen molar-refractivity contribution in [1.29, 1.82) is 0 Å². The Morgan fingerprint density at radius 2 is 2.08 bits per heavy atom. The van der Waals surface area contributed by atoms with Crippen LogP contribution in [0.2, 0.25) is 0 Å². The number of amides is 1. The van der Waals surface area contributed by atoms with Crippen LogP contribution in [0.15, 0.2) is 41.2 Å². The Bertz CT molecular complexity index is 894. The Balaban J connectivity index is 1.61. The fraction of sp³-hybridized carbons (Fsp3) is 0.333. The summed E-state index contributed by atoms with van der Waals surface area (Å²) in [4.78, 5) is 27.2. The normalized spacial score (nSPS) is 17.3. The summed E-state index contributed by atoms with van der Waals surface area (Å²) in [6, 6.07) is 5.06. The Morgan fingerprint density at radius 3 is 2.85 bits per heavy atom. The highest BCUT2D eigenvalue weighted by molar-refractivity contribution is 5.92. The maximum Gasteiger partial charge on any atom is 0.273 e. The molecule has 0 aliphatic carbocycles. The molecular formula is C18H18N6O2. The maximum absolute atomic E-state index is 12.8. The second kappa shape index (κ2) is 6.99. The molecule has 1 fully saturated rings. The van der Waals surface area contributed by atoms with E-state index in [0.717, 1.165) is 25.0 Å². The number of carbonyl (C=O) groups is 1. The van der Waals surface area contributed by atoms with Gasteiger partial charge in [-0.3, -0.25) is 14.8 Å². The van der Waals surface area contributed by atoms with Crippen molar-refractivity contribution in [2.45, 2.75) is 32.2 Å². The van der Waals surface area contributed by atoms with Gasteiger partial charge in [-0.2, -0.15) is 0 Å². The van der Waals surface area contributed by atoms with Gasteiger partial charge >= 0.3 is 0 Å². The Kier molecular flexibility index (Phi) is 4.39. The van der Waals surface area contributed by atoms with Crippen molar-refractivity contribution < 1.29 is 9.21 Å². The number of hydrogen-bond acceptors (Lipinski definition) is 7. The number of likely N-dealkylation sites (tertiary alicyclic amines) is 1. The molecule has 0 aromatic carbocycles. The minimum absolute atomic E-state index is 0.120. The molecular weight excluding hydrogens is 332 g/mol. The van der Waals surface area contributed by atoms with Crippen LogP contribution in [0.1, 0.15) is 47.4 Å². The number of hydrogen-bond donors (Lipinski definition) is 0. The SMILES string of the molecule is Cc1cnc(-c2nnc([C@H]3CCCCN3C(=O)c3ccccn3)o2)cn1. The summed E-state index contributed by atoms with van der Waals surface area (Å²) in [5.74, 6) is 0.611. The summed E-state index contributed by atoms with van der Waals surface area (Å²) >= 11 is 0. The van der Waals surface area contributed by atoms with Crippen molar-refractivity contribution in [3.8, 4) is 11.6 Å². The van der Waals surface area contributed by atoms with Crippen LogP contribution in [-0.2, 0) is 0 Å². The van der Waals surface area contributed by atoms with E-state index >= 15 is 0 Å². The van der Waals surface area contributed by atoms with Crippen LogP contribution in [0.25, 0.3) is 11.6 Å². The van der Waals surface area contributed by atoms with E-state index < -0.39 is 0 Å². The largest absolute Gasteiger partial charge is 0.417 e. The zero-order valence-corrected chi connectivity index (χ0v) is 14.4. The third kappa shape index (κ3) is 3.17. The molecule has 1 aliphatic rings. The standard InChI is InChI=1S/C18H18N6O2/c1-12-10-21-14(11-20-12)16-22-23-17(26-16)15-7-3-5-9-24(15)18(25)13-6-2-4-8-19-13/h2,4,6,8,10-11,15H,3,5,7,9H2,1H3/t15-/m1/s1. The Hall–Kier alpha value is -3.16. The summed E-state index contributed by atoms with van der Waals surface area (Å²) in [5, 5.41) is 8.25. The van der Waals surface area contributed by atoms with Gasteiger partial charge < -0.3 is 9.32 Å². The van der Waals surface area contributed by atoms with Gasteiger partial charge in [-0.05, 0) is 38.3 Å². The second-order valence-electron chi connectivity index (χ2n) is 6.21. The lowest BCUT2D eigenvalue weighted by Crippen LogP contribution is -2.39. The molecule has 3 aromatic rings. The second-order valence-corrected chi connectivity index (χ2v) is 6.21. The highest BCUT2D eigenvalue weighted by Gasteiger charge is 2.33. The van der Waals surface area contributed by atoms with Gasteiger partial charge in [0, 0.05) is 18.9 Å². The van der Waals surface area contributed by atoms with E-state index in [4.69, 9.17) is 4.42 Å². The summed E-state index contributed by atoms with van der Waals surface area (Å²) in [5.41, 5.74) is 1.75. The first-order valence-electron chi connectivity index (χ1n) is 8.57. The molecule has 0 N–H and O–H groups in total. The number of pyridine rings is 1. The molecule has 4 rings (SSSR count). The molecule has 8 nitrogen and oxygen atoms in total. The molecule has 8 heteroatoms. The zero-order chi connectivity index (χ0) is 17.9. The molecule has 1 saturated heterocycles. The van der Waals surface area contributed by atoms with Gasteiger partial charge in [0.15, 0.2) is 0 Å². The number of nitrogens with zero attached hydrogens (tertiary/aromatic N) is 6. The lowest BCUT2D eigenvalue weighted by molar-refractivity contribution is 0.0566. The molecule has 0 bridgehead atoms.